The summed E-state index contributed by atoms with van der Waals surface area (Å²) in [4.78, 5) is 0. The van der Waals surface area contributed by atoms with Crippen molar-refractivity contribution in [3.8, 4) is 0 Å². The predicted octanol–water partition coefficient (Wildman–Crippen LogP) is 1.29. The Morgan fingerprint density at radius 3 is 2.25 bits per heavy atom. The first-order chi connectivity index (χ1) is 7.31. The minimum atomic E-state index is -3.01. The maximum atomic E-state index is 11.4. The Morgan fingerprint density at radius 2 is 1.81 bits per heavy atom. The minimum Gasteiger partial charge on any atom is -0.314 e. The van der Waals surface area contributed by atoms with Gasteiger partial charge in [-0.15, -0.1) is 0 Å². The van der Waals surface area contributed by atoms with Crippen molar-refractivity contribution >= 4 is 10.0 Å². The molecule has 5 heteroatoms. The third-order valence-corrected chi connectivity index (χ3v) is 4.82. The standard InChI is InChI=1S/C11H26N2O2S/c1-6-16(14,15)13(5)9-7-8-12-11(4)10(2)3/h10-12H,6-9H2,1-5H3. The van der Waals surface area contributed by atoms with Crippen molar-refractivity contribution in [3.63, 3.8) is 0 Å². The van der Waals surface area contributed by atoms with Gasteiger partial charge >= 0.3 is 0 Å². The molecular formula is C11H26N2O2S. The number of rotatable bonds is 8. The predicted molar refractivity (Wildman–Crippen MR) is 69.0 cm³/mol. The molecule has 0 aromatic rings. The van der Waals surface area contributed by atoms with Gasteiger partial charge in [0.05, 0.1) is 5.75 Å². The van der Waals surface area contributed by atoms with Crippen molar-refractivity contribution < 1.29 is 8.42 Å². The summed E-state index contributed by atoms with van der Waals surface area (Å²) in [7, 11) is -1.37. The zero-order chi connectivity index (χ0) is 12.8. The quantitative estimate of drug-likeness (QED) is 0.661. The lowest BCUT2D eigenvalue weighted by molar-refractivity contribution is 0.404. The summed E-state index contributed by atoms with van der Waals surface area (Å²) in [6, 6.07) is 0.480. The van der Waals surface area contributed by atoms with Crippen LogP contribution < -0.4 is 5.32 Å². The molecule has 0 rings (SSSR count). The highest BCUT2D eigenvalue weighted by atomic mass is 32.2. The molecule has 0 radical (unpaired) electrons. The van der Waals surface area contributed by atoms with Gasteiger partial charge in [0, 0.05) is 19.6 Å². The molecule has 98 valence electrons. The molecule has 0 aliphatic rings. The largest absolute Gasteiger partial charge is 0.314 e. The van der Waals surface area contributed by atoms with E-state index in [4.69, 9.17) is 0 Å². The second kappa shape index (κ2) is 7.25. The Bertz CT molecular complexity index is 276. The zero-order valence-electron chi connectivity index (χ0n) is 11.2. The monoisotopic (exact) mass is 250 g/mol. The summed E-state index contributed by atoms with van der Waals surface area (Å²) in [5.74, 6) is 0.788. The van der Waals surface area contributed by atoms with E-state index in [-0.39, 0.29) is 5.75 Å². The highest BCUT2D eigenvalue weighted by Gasteiger charge is 2.14. The van der Waals surface area contributed by atoms with Gasteiger partial charge in [-0.3, -0.25) is 0 Å². The van der Waals surface area contributed by atoms with Gasteiger partial charge in [-0.25, -0.2) is 12.7 Å². The Morgan fingerprint density at radius 1 is 1.25 bits per heavy atom. The first-order valence-electron chi connectivity index (χ1n) is 5.98. The molecule has 0 fully saturated rings. The Labute approximate surface area is 100 Å². The minimum absolute atomic E-state index is 0.180. The van der Waals surface area contributed by atoms with Crippen molar-refractivity contribution in [1.29, 1.82) is 0 Å². The van der Waals surface area contributed by atoms with Crippen LogP contribution >= 0.6 is 0 Å². The van der Waals surface area contributed by atoms with Crippen molar-refractivity contribution in [1.82, 2.24) is 9.62 Å². The van der Waals surface area contributed by atoms with Crippen molar-refractivity contribution in [2.24, 2.45) is 5.92 Å². The van der Waals surface area contributed by atoms with Crippen LogP contribution in [0.3, 0.4) is 0 Å². The lowest BCUT2D eigenvalue weighted by Crippen LogP contribution is -2.35. The van der Waals surface area contributed by atoms with Crippen LogP contribution in [0.15, 0.2) is 0 Å². The van der Waals surface area contributed by atoms with Gasteiger partial charge in [-0.2, -0.15) is 0 Å². The van der Waals surface area contributed by atoms with E-state index in [1.54, 1.807) is 14.0 Å². The zero-order valence-corrected chi connectivity index (χ0v) is 12.0. The van der Waals surface area contributed by atoms with Gasteiger partial charge in [0.1, 0.15) is 0 Å². The summed E-state index contributed by atoms with van der Waals surface area (Å²) in [6.07, 6.45) is 0.854. The van der Waals surface area contributed by atoms with Crippen LogP contribution in [0, 0.1) is 5.92 Å². The summed E-state index contributed by atoms with van der Waals surface area (Å²) in [6.45, 7) is 9.62. The average molecular weight is 250 g/mol. The maximum absolute atomic E-state index is 11.4. The molecule has 1 N–H and O–H groups in total. The lowest BCUT2D eigenvalue weighted by atomic mass is 10.1. The van der Waals surface area contributed by atoms with Crippen LogP contribution in [0.5, 0.6) is 0 Å². The average Bonchev–Trinajstić information content (AvgIpc) is 2.23. The van der Waals surface area contributed by atoms with Crippen LogP contribution in [0.25, 0.3) is 0 Å². The number of nitrogens with zero attached hydrogens (tertiary/aromatic N) is 1. The highest BCUT2D eigenvalue weighted by molar-refractivity contribution is 7.89. The fraction of sp³-hybridized carbons (Fsp3) is 1.00. The van der Waals surface area contributed by atoms with E-state index in [2.05, 4.69) is 26.1 Å². The van der Waals surface area contributed by atoms with Crippen LogP contribution in [0.4, 0.5) is 0 Å². The van der Waals surface area contributed by atoms with Crippen molar-refractivity contribution in [2.45, 2.75) is 40.2 Å². The van der Waals surface area contributed by atoms with Crippen molar-refractivity contribution in [3.05, 3.63) is 0 Å². The topological polar surface area (TPSA) is 49.4 Å². The molecule has 0 spiro atoms. The summed E-state index contributed by atoms with van der Waals surface area (Å²) in [5.41, 5.74) is 0. The molecule has 1 atom stereocenters. The number of hydrogen-bond donors (Lipinski definition) is 1. The fourth-order valence-electron chi connectivity index (χ4n) is 1.23. The Balaban J connectivity index is 3.76. The number of nitrogens with one attached hydrogen (secondary N) is 1. The van der Waals surface area contributed by atoms with Crippen LogP contribution in [0.2, 0.25) is 0 Å². The molecule has 0 saturated carbocycles. The van der Waals surface area contributed by atoms with E-state index >= 15 is 0 Å². The second-order valence-electron chi connectivity index (χ2n) is 4.56. The summed E-state index contributed by atoms with van der Waals surface area (Å²) >= 11 is 0. The van der Waals surface area contributed by atoms with Crippen LogP contribution in [-0.4, -0.2) is 44.7 Å². The molecule has 16 heavy (non-hydrogen) atoms. The van der Waals surface area contributed by atoms with Gasteiger partial charge in [0.25, 0.3) is 0 Å². The fourth-order valence-corrected chi connectivity index (χ4v) is 2.07. The number of hydrogen-bond acceptors (Lipinski definition) is 3. The SMILES string of the molecule is CCS(=O)(=O)N(C)CCCNC(C)C(C)C. The summed E-state index contributed by atoms with van der Waals surface area (Å²) < 4.78 is 24.3. The van der Waals surface area contributed by atoms with Gasteiger partial charge in [0.15, 0.2) is 0 Å². The molecule has 0 aliphatic carbocycles. The molecular weight excluding hydrogens is 224 g/mol. The lowest BCUT2D eigenvalue weighted by Gasteiger charge is -2.19. The Kier molecular flexibility index (Phi) is 7.19. The summed E-state index contributed by atoms with van der Waals surface area (Å²) in [5, 5.41) is 3.39. The molecule has 0 bridgehead atoms. The molecule has 0 aromatic carbocycles. The molecule has 1 unspecified atom stereocenters. The Hall–Kier alpha value is -0.130. The van der Waals surface area contributed by atoms with Gasteiger partial charge in [-0.05, 0) is 32.7 Å². The molecule has 0 amide bonds. The van der Waals surface area contributed by atoms with E-state index in [1.165, 1.54) is 4.31 Å². The van der Waals surface area contributed by atoms with Crippen LogP contribution in [0.1, 0.15) is 34.1 Å². The van der Waals surface area contributed by atoms with E-state index in [0.29, 0.717) is 18.5 Å². The molecule has 0 heterocycles. The normalized spacial score (nSPS) is 14.7. The third kappa shape index (κ3) is 5.82. The first kappa shape index (κ1) is 15.9. The molecule has 0 aliphatic heterocycles. The van der Waals surface area contributed by atoms with Crippen molar-refractivity contribution in [2.75, 3.05) is 25.9 Å². The maximum Gasteiger partial charge on any atom is 0.213 e. The first-order valence-corrected chi connectivity index (χ1v) is 7.59. The second-order valence-corrected chi connectivity index (χ2v) is 6.93. The van der Waals surface area contributed by atoms with Gasteiger partial charge < -0.3 is 5.32 Å². The van der Waals surface area contributed by atoms with E-state index in [1.807, 2.05) is 0 Å². The van der Waals surface area contributed by atoms with Gasteiger partial charge in [0.2, 0.25) is 10.0 Å². The van der Waals surface area contributed by atoms with Crippen LogP contribution in [-0.2, 0) is 10.0 Å². The number of sulfonamides is 1. The molecule has 0 saturated heterocycles. The van der Waals surface area contributed by atoms with Gasteiger partial charge in [-0.1, -0.05) is 13.8 Å². The van der Waals surface area contributed by atoms with E-state index in [0.717, 1.165) is 13.0 Å². The molecule has 0 aromatic heterocycles. The van der Waals surface area contributed by atoms with E-state index in [9.17, 15) is 8.42 Å². The molecule has 4 nitrogen and oxygen atoms in total. The highest BCUT2D eigenvalue weighted by Crippen LogP contribution is 2.01. The smallest absolute Gasteiger partial charge is 0.213 e. The third-order valence-electron chi connectivity index (χ3n) is 2.96. The van der Waals surface area contributed by atoms with E-state index < -0.39 is 10.0 Å².